The summed E-state index contributed by atoms with van der Waals surface area (Å²) < 4.78 is 0. The number of nitrogen functional groups attached to an aromatic ring is 1. The van der Waals surface area contributed by atoms with Gasteiger partial charge in [-0.15, -0.1) is 12.6 Å². The zero-order valence-electron chi connectivity index (χ0n) is 5.39. The molecule has 0 aliphatic rings. The van der Waals surface area contributed by atoms with Gasteiger partial charge in [0.15, 0.2) is 0 Å². The van der Waals surface area contributed by atoms with Gasteiger partial charge in [-0.1, -0.05) is 0 Å². The molecule has 1 aromatic rings. The number of hydrogen-bond acceptors (Lipinski definition) is 5. The lowest BCUT2D eigenvalue weighted by Gasteiger charge is -1.96. The molecule has 0 aromatic carbocycles. The first-order valence-electron chi connectivity index (χ1n) is 2.69. The summed E-state index contributed by atoms with van der Waals surface area (Å²) in [6.07, 6.45) is 2.50. The highest BCUT2D eigenvalue weighted by molar-refractivity contribution is 7.80. The smallest absolute Gasteiger partial charge is 0.308 e. The van der Waals surface area contributed by atoms with Crippen LogP contribution in [0.1, 0.15) is 0 Å². The third-order valence-electron chi connectivity index (χ3n) is 1.11. The standard InChI is InChI=1S/C5H5N3O2S/c6-3-1-7-2-4(11)5(3)8(9)10/h1-2,11H,6H2. The Kier molecular flexibility index (Phi) is 1.95. The summed E-state index contributed by atoms with van der Waals surface area (Å²) in [4.78, 5) is 13.5. The van der Waals surface area contributed by atoms with E-state index in [2.05, 4.69) is 17.6 Å². The largest absolute Gasteiger partial charge is 0.392 e. The Morgan fingerprint density at radius 3 is 2.64 bits per heavy atom. The van der Waals surface area contributed by atoms with E-state index in [0.717, 1.165) is 0 Å². The number of thiol groups is 1. The molecule has 0 saturated carbocycles. The molecule has 0 bridgehead atoms. The Hall–Kier alpha value is -1.30. The van der Waals surface area contributed by atoms with Gasteiger partial charge in [-0.25, -0.2) is 0 Å². The number of nitrogens with two attached hydrogens (primary N) is 1. The normalized spacial score (nSPS) is 9.55. The predicted molar refractivity (Wildman–Crippen MR) is 42.6 cm³/mol. The van der Waals surface area contributed by atoms with Gasteiger partial charge in [-0.3, -0.25) is 15.1 Å². The van der Waals surface area contributed by atoms with Crippen LogP contribution in [0.4, 0.5) is 11.4 Å². The minimum absolute atomic E-state index is 0.0301. The Balaban J connectivity index is 3.32. The summed E-state index contributed by atoms with van der Waals surface area (Å²) in [5.41, 5.74) is 5.11. The highest BCUT2D eigenvalue weighted by Gasteiger charge is 2.14. The molecule has 6 heteroatoms. The van der Waals surface area contributed by atoms with Crippen molar-refractivity contribution in [1.82, 2.24) is 4.98 Å². The Labute approximate surface area is 67.8 Å². The molecule has 1 heterocycles. The van der Waals surface area contributed by atoms with Crippen LogP contribution in [-0.4, -0.2) is 9.91 Å². The van der Waals surface area contributed by atoms with Crippen LogP contribution in [0.5, 0.6) is 0 Å². The topological polar surface area (TPSA) is 82.0 Å². The van der Waals surface area contributed by atoms with Gasteiger partial charge in [0.1, 0.15) is 10.6 Å². The lowest BCUT2D eigenvalue weighted by atomic mass is 10.4. The quantitative estimate of drug-likeness (QED) is 0.373. The summed E-state index contributed by atoms with van der Waals surface area (Å²) in [7, 11) is 0. The third-order valence-corrected chi connectivity index (χ3v) is 1.44. The summed E-state index contributed by atoms with van der Waals surface area (Å²) in [5, 5.41) is 10.3. The molecule has 0 radical (unpaired) electrons. The molecule has 0 aliphatic carbocycles. The molecular weight excluding hydrogens is 166 g/mol. The highest BCUT2D eigenvalue weighted by Crippen LogP contribution is 2.26. The maximum Gasteiger partial charge on any atom is 0.308 e. The van der Waals surface area contributed by atoms with Crippen molar-refractivity contribution >= 4 is 24.0 Å². The van der Waals surface area contributed by atoms with Gasteiger partial charge >= 0.3 is 5.69 Å². The van der Waals surface area contributed by atoms with Gasteiger partial charge in [0, 0.05) is 6.20 Å². The van der Waals surface area contributed by atoms with Crippen LogP contribution < -0.4 is 5.73 Å². The SMILES string of the molecule is Nc1cncc(S)c1[N+](=O)[O-]. The van der Waals surface area contributed by atoms with Crippen LogP contribution in [0.25, 0.3) is 0 Å². The minimum Gasteiger partial charge on any atom is -0.392 e. The van der Waals surface area contributed by atoms with E-state index in [4.69, 9.17) is 5.73 Å². The number of aromatic nitrogens is 1. The first kappa shape index (κ1) is 7.80. The second-order valence-electron chi connectivity index (χ2n) is 1.85. The number of anilines is 1. The summed E-state index contributed by atoms with van der Waals surface area (Å²) in [6.45, 7) is 0. The molecule has 0 spiro atoms. The fraction of sp³-hybridized carbons (Fsp3) is 0. The lowest BCUT2D eigenvalue weighted by Crippen LogP contribution is -1.97. The maximum atomic E-state index is 10.3. The maximum absolute atomic E-state index is 10.3. The van der Waals surface area contributed by atoms with Crippen molar-refractivity contribution in [3.63, 3.8) is 0 Å². The zero-order valence-corrected chi connectivity index (χ0v) is 6.28. The number of hydrogen-bond donors (Lipinski definition) is 2. The molecule has 58 valence electrons. The summed E-state index contributed by atoms with van der Waals surface area (Å²) in [6, 6.07) is 0. The molecule has 2 N–H and O–H groups in total. The van der Waals surface area contributed by atoms with E-state index < -0.39 is 4.92 Å². The molecule has 1 aromatic heterocycles. The van der Waals surface area contributed by atoms with Gasteiger partial charge in [0.05, 0.1) is 11.1 Å². The number of rotatable bonds is 1. The molecule has 1 rings (SSSR count). The third kappa shape index (κ3) is 1.40. The highest BCUT2D eigenvalue weighted by atomic mass is 32.1. The number of nitro groups is 1. The van der Waals surface area contributed by atoms with Crippen molar-refractivity contribution in [3.8, 4) is 0 Å². The molecule has 11 heavy (non-hydrogen) atoms. The van der Waals surface area contributed by atoms with Gasteiger partial charge in [0.2, 0.25) is 0 Å². The number of pyridine rings is 1. The second kappa shape index (κ2) is 2.75. The average Bonchev–Trinajstić information content (AvgIpc) is 1.85. The molecule has 0 amide bonds. The van der Waals surface area contributed by atoms with Gasteiger partial charge in [0.25, 0.3) is 0 Å². The van der Waals surface area contributed by atoms with Gasteiger partial charge < -0.3 is 5.73 Å². The summed E-state index contributed by atoms with van der Waals surface area (Å²) in [5.74, 6) is 0. The Bertz CT molecular complexity index is 282. The molecule has 0 fully saturated rings. The van der Waals surface area contributed by atoms with E-state index in [-0.39, 0.29) is 16.3 Å². The zero-order chi connectivity index (χ0) is 8.43. The molecular formula is C5H5N3O2S. The van der Waals surface area contributed by atoms with E-state index in [9.17, 15) is 10.1 Å². The first-order valence-corrected chi connectivity index (χ1v) is 3.14. The van der Waals surface area contributed by atoms with Crippen molar-refractivity contribution in [2.24, 2.45) is 0 Å². The van der Waals surface area contributed by atoms with Crippen molar-refractivity contribution < 1.29 is 4.92 Å². The van der Waals surface area contributed by atoms with Crippen LogP contribution in [0.3, 0.4) is 0 Å². The van der Waals surface area contributed by atoms with E-state index in [1.165, 1.54) is 12.4 Å². The average molecular weight is 171 g/mol. The van der Waals surface area contributed by atoms with Gasteiger partial charge in [-0.2, -0.15) is 0 Å². The van der Waals surface area contributed by atoms with Crippen LogP contribution in [-0.2, 0) is 0 Å². The second-order valence-corrected chi connectivity index (χ2v) is 2.34. The molecule has 0 aliphatic heterocycles. The minimum atomic E-state index is -0.584. The fourth-order valence-electron chi connectivity index (χ4n) is 0.657. The molecule has 0 unspecified atom stereocenters. The van der Waals surface area contributed by atoms with Crippen molar-refractivity contribution in [3.05, 3.63) is 22.5 Å². The fourth-order valence-corrected chi connectivity index (χ4v) is 0.935. The first-order chi connectivity index (χ1) is 5.13. The molecule has 0 atom stereocenters. The van der Waals surface area contributed by atoms with E-state index in [1.807, 2.05) is 0 Å². The van der Waals surface area contributed by atoms with E-state index in [1.54, 1.807) is 0 Å². The summed E-state index contributed by atoms with van der Waals surface area (Å²) >= 11 is 3.82. The molecule has 5 nitrogen and oxygen atoms in total. The van der Waals surface area contributed by atoms with Crippen molar-refractivity contribution in [2.75, 3.05) is 5.73 Å². The van der Waals surface area contributed by atoms with Crippen molar-refractivity contribution in [1.29, 1.82) is 0 Å². The molecule has 0 saturated heterocycles. The monoisotopic (exact) mass is 171 g/mol. The predicted octanol–water partition coefficient (Wildman–Crippen LogP) is 0.861. The van der Waals surface area contributed by atoms with E-state index in [0.29, 0.717) is 0 Å². The Morgan fingerprint density at radius 1 is 1.64 bits per heavy atom. The number of nitrogens with zero attached hydrogens (tertiary/aromatic N) is 2. The van der Waals surface area contributed by atoms with E-state index >= 15 is 0 Å². The van der Waals surface area contributed by atoms with Crippen molar-refractivity contribution in [2.45, 2.75) is 4.90 Å². The van der Waals surface area contributed by atoms with Crippen LogP contribution >= 0.6 is 12.6 Å². The van der Waals surface area contributed by atoms with Crippen LogP contribution in [0.2, 0.25) is 0 Å². The lowest BCUT2D eigenvalue weighted by molar-refractivity contribution is -0.386. The van der Waals surface area contributed by atoms with Crippen LogP contribution in [0.15, 0.2) is 17.3 Å². The van der Waals surface area contributed by atoms with Gasteiger partial charge in [-0.05, 0) is 0 Å². The van der Waals surface area contributed by atoms with Crippen LogP contribution in [0, 0.1) is 10.1 Å². The Morgan fingerprint density at radius 2 is 2.27 bits per heavy atom.